The van der Waals surface area contributed by atoms with Crippen LogP contribution >= 0.6 is 46.4 Å². The second-order valence-electron chi connectivity index (χ2n) is 6.93. The number of carbonyl (C=O) groups is 1. The van der Waals surface area contributed by atoms with Gasteiger partial charge in [0.2, 0.25) is 5.88 Å². The first-order valence-electron chi connectivity index (χ1n) is 8.93. The third kappa shape index (κ3) is 4.24. The molecule has 0 aliphatic carbocycles. The van der Waals surface area contributed by atoms with Gasteiger partial charge < -0.3 is 10.0 Å². The summed E-state index contributed by atoms with van der Waals surface area (Å²) in [5.41, 5.74) is 1.59. The quantitative estimate of drug-likeness (QED) is 0.525. The van der Waals surface area contributed by atoms with Crippen LogP contribution in [0.2, 0.25) is 20.1 Å². The fourth-order valence-electron chi connectivity index (χ4n) is 3.64. The van der Waals surface area contributed by atoms with Crippen LogP contribution in [0.1, 0.15) is 28.9 Å². The van der Waals surface area contributed by atoms with Gasteiger partial charge in [0.25, 0.3) is 5.91 Å². The van der Waals surface area contributed by atoms with Gasteiger partial charge in [-0.05, 0) is 55.2 Å². The van der Waals surface area contributed by atoms with Crippen molar-refractivity contribution in [1.82, 2.24) is 14.9 Å². The van der Waals surface area contributed by atoms with Gasteiger partial charge in [0.1, 0.15) is 0 Å². The third-order valence-electron chi connectivity index (χ3n) is 4.92. The molecule has 0 spiro atoms. The van der Waals surface area contributed by atoms with Crippen LogP contribution in [-0.4, -0.2) is 38.5 Å². The number of aromatic nitrogens is 2. The van der Waals surface area contributed by atoms with Crippen LogP contribution in [-0.2, 0) is 6.42 Å². The summed E-state index contributed by atoms with van der Waals surface area (Å²) in [7, 11) is 0. The largest absolute Gasteiger partial charge is 0.492 e. The van der Waals surface area contributed by atoms with E-state index in [9.17, 15) is 9.90 Å². The SMILES string of the molecule is O=C(c1nc2cc(Cl)c(Cl)cc2nc1O)N1CCC[C@H]1Cc1cc(Cl)cc(Cl)c1. The summed E-state index contributed by atoms with van der Waals surface area (Å²) < 4.78 is 0. The lowest BCUT2D eigenvalue weighted by molar-refractivity contribution is 0.0727. The van der Waals surface area contributed by atoms with E-state index in [1.807, 2.05) is 12.1 Å². The first kappa shape index (κ1) is 20.5. The summed E-state index contributed by atoms with van der Waals surface area (Å²) in [4.78, 5) is 23.2. The van der Waals surface area contributed by atoms with E-state index in [-0.39, 0.29) is 17.6 Å². The second kappa shape index (κ2) is 8.15. The molecule has 1 fully saturated rings. The van der Waals surface area contributed by atoms with E-state index >= 15 is 0 Å². The molecule has 3 aromatic rings. The van der Waals surface area contributed by atoms with Crippen molar-refractivity contribution >= 4 is 63.3 Å². The van der Waals surface area contributed by atoms with Crippen LogP contribution in [0.25, 0.3) is 11.0 Å². The van der Waals surface area contributed by atoms with Crippen molar-refractivity contribution in [3.05, 3.63) is 61.7 Å². The van der Waals surface area contributed by atoms with E-state index in [4.69, 9.17) is 46.4 Å². The number of nitrogens with zero attached hydrogens (tertiary/aromatic N) is 3. The number of halogens is 4. The van der Waals surface area contributed by atoms with Crippen LogP contribution < -0.4 is 0 Å². The van der Waals surface area contributed by atoms with Gasteiger partial charge in [0.05, 0.1) is 21.1 Å². The van der Waals surface area contributed by atoms with Gasteiger partial charge in [-0.2, -0.15) is 0 Å². The number of hydrogen-bond donors (Lipinski definition) is 1. The molecular weight excluding hydrogens is 456 g/mol. The molecule has 4 rings (SSSR count). The highest BCUT2D eigenvalue weighted by molar-refractivity contribution is 6.42. The second-order valence-corrected chi connectivity index (χ2v) is 8.61. The van der Waals surface area contributed by atoms with E-state index < -0.39 is 5.88 Å². The van der Waals surface area contributed by atoms with Crippen LogP contribution in [0.5, 0.6) is 5.88 Å². The Morgan fingerprint density at radius 1 is 1.00 bits per heavy atom. The zero-order chi connectivity index (χ0) is 20.7. The van der Waals surface area contributed by atoms with Crippen molar-refractivity contribution in [1.29, 1.82) is 0 Å². The Morgan fingerprint density at radius 3 is 2.28 bits per heavy atom. The van der Waals surface area contributed by atoms with Crippen molar-refractivity contribution in [2.24, 2.45) is 0 Å². The zero-order valence-corrected chi connectivity index (χ0v) is 18.0. The number of fused-ring (bicyclic) bond motifs is 1. The highest BCUT2D eigenvalue weighted by Crippen LogP contribution is 2.30. The van der Waals surface area contributed by atoms with Crippen molar-refractivity contribution in [3.63, 3.8) is 0 Å². The molecule has 29 heavy (non-hydrogen) atoms. The van der Waals surface area contributed by atoms with Crippen molar-refractivity contribution in [2.45, 2.75) is 25.3 Å². The van der Waals surface area contributed by atoms with Gasteiger partial charge in [0.15, 0.2) is 5.69 Å². The topological polar surface area (TPSA) is 66.3 Å². The highest BCUT2D eigenvalue weighted by Gasteiger charge is 2.32. The van der Waals surface area contributed by atoms with E-state index in [1.165, 1.54) is 12.1 Å². The zero-order valence-electron chi connectivity index (χ0n) is 15.0. The lowest BCUT2D eigenvalue weighted by atomic mass is 10.0. The van der Waals surface area contributed by atoms with E-state index in [0.717, 1.165) is 18.4 Å². The average molecular weight is 471 g/mol. The van der Waals surface area contributed by atoms with Crippen LogP contribution in [0.3, 0.4) is 0 Å². The van der Waals surface area contributed by atoms with Crippen LogP contribution in [0.15, 0.2) is 30.3 Å². The Labute approximate surface area is 187 Å². The summed E-state index contributed by atoms with van der Waals surface area (Å²) in [5, 5.41) is 12.0. The monoisotopic (exact) mass is 469 g/mol. The predicted octanol–water partition coefficient (Wildman–Crippen LogP) is 5.80. The predicted molar refractivity (Wildman–Crippen MR) is 115 cm³/mol. The maximum Gasteiger partial charge on any atom is 0.278 e. The van der Waals surface area contributed by atoms with E-state index in [1.54, 1.807) is 11.0 Å². The van der Waals surface area contributed by atoms with Gasteiger partial charge in [-0.3, -0.25) is 4.79 Å². The third-order valence-corrected chi connectivity index (χ3v) is 6.08. The van der Waals surface area contributed by atoms with Gasteiger partial charge in [-0.25, -0.2) is 9.97 Å². The van der Waals surface area contributed by atoms with Gasteiger partial charge in [-0.1, -0.05) is 46.4 Å². The number of benzene rings is 2. The fraction of sp³-hybridized carbons (Fsp3) is 0.250. The standard InChI is InChI=1S/C20H15Cl4N3O2/c21-11-4-10(5-12(22)7-11)6-13-2-1-3-27(13)20(29)18-19(28)26-17-9-15(24)14(23)8-16(17)25-18/h4-5,7-9,13H,1-3,6H2,(H,26,28)/t13-/m0/s1. The average Bonchev–Trinajstić information content (AvgIpc) is 3.09. The molecule has 2 heterocycles. The lowest BCUT2D eigenvalue weighted by Gasteiger charge is -2.25. The Kier molecular flexibility index (Phi) is 5.76. The molecule has 2 aromatic carbocycles. The molecule has 1 aliphatic rings. The van der Waals surface area contributed by atoms with Crippen molar-refractivity contribution in [2.75, 3.05) is 6.54 Å². The molecule has 0 saturated carbocycles. The number of carbonyl (C=O) groups excluding carboxylic acids is 1. The Balaban J connectivity index is 1.64. The van der Waals surface area contributed by atoms with Crippen LogP contribution in [0, 0.1) is 0 Å². The molecule has 0 unspecified atom stereocenters. The summed E-state index contributed by atoms with van der Waals surface area (Å²) in [6.07, 6.45) is 2.29. The molecule has 1 atom stereocenters. The molecule has 1 saturated heterocycles. The minimum absolute atomic E-state index is 0.0530. The minimum Gasteiger partial charge on any atom is -0.492 e. The Bertz CT molecular complexity index is 1100. The molecule has 0 radical (unpaired) electrons. The van der Waals surface area contributed by atoms with Gasteiger partial charge >= 0.3 is 0 Å². The first-order chi connectivity index (χ1) is 13.8. The maximum absolute atomic E-state index is 13.2. The number of aromatic hydroxyl groups is 1. The summed E-state index contributed by atoms with van der Waals surface area (Å²) in [5.74, 6) is -0.809. The smallest absolute Gasteiger partial charge is 0.278 e. The molecule has 5 nitrogen and oxygen atoms in total. The summed E-state index contributed by atoms with van der Waals surface area (Å²) in [6.45, 7) is 0.568. The van der Waals surface area contributed by atoms with Crippen molar-refractivity contribution in [3.8, 4) is 5.88 Å². The number of rotatable bonds is 3. The van der Waals surface area contributed by atoms with Gasteiger partial charge in [-0.15, -0.1) is 0 Å². The fourth-order valence-corrected chi connectivity index (χ4v) is 4.53. The molecule has 1 amide bonds. The number of hydrogen-bond acceptors (Lipinski definition) is 4. The lowest BCUT2D eigenvalue weighted by Crippen LogP contribution is -2.37. The van der Waals surface area contributed by atoms with E-state index in [2.05, 4.69) is 9.97 Å². The van der Waals surface area contributed by atoms with Crippen LogP contribution in [0.4, 0.5) is 0 Å². The highest BCUT2D eigenvalue weighted by atomic mass is 35.5. The van der Waals surface area contributed by atoms with E-state index in [0.29, 0.717) is 44.1 Å². The molecule has 0 bridgehead atoms. The molecule has 9 heteroatoms. The molecular formula is C20H15Cl4N3O2. The maximum atomic E-state index is 13.2. The Morgan fingerprint density at radius 2 is 1.62 bits per heavy atom. The van der Waals surface area contributed by atoms with Gasteiger partial charge in [0, 0.05) is 22.6 Å². The molecule has 1 aromatic heterocycles. The molecule has 150 valence electrons. The summed E-state index contributed by atoms with van der Waals surface area (Å²) in [6, 6.07) is 8.33. The first-order valence-corrected chi connectivity index (χ1v) is 10.4. The number of likely N-dealkylation sites (tertiary alicyclic amines) is 1. The number of amides is 1. The Hall–Kier alpha value is -1.79. The normalized spacial score (nSPS) is 16.6. The van der Waals surface area contributed by atoms with Crippen molar-refractivity contribution < 1.29 is 9.90 Å². The summed E-state index contributed by atoms with van der Waals surface area (Å²) >= 11 is 24.2. The molecule has 1 aliphatic heterocycles. The molecule has 1 N–H and O–H groups in total. The minimum atomic E-state index is -0.433.